The van der Waals surface area contributed by atoms with Gasteiger partial charge in [-0.05, 0) is 12.8 Å². The van der Waals surface area contributed by atoms with Gasteiger partial charge in [-0.15, -0.1) is 0 Å². The second kappa shape index (κ2) is 22.4. The molecule has 0 heterocycles. The Kier molecular flexibility index (Phi) is 23.3. The molecule has 0 aliphatic heterocycles. The van der Waals surface area contributed by atoms with Crippen molar-refractivity contribution in [2.24, 2.45) is 0 Å². The summed E-state index contributed by atoms with van der Waals surface area (Å²) in [5.74, 6) is -12.3. The first-order valence-electron chi connectivity index (χ1n) is 15.1. The van der Waals surface area contributed by atoms with E-state index in [2.05, 4.69) is 13.8 Å². The fraction of sp³-hybridized carbons (Fsp3) is 1.00. The van der Waals surface area contributed by atoms with Crippen LogP contribution in [0.15, 0.2) is 0 Å². The maximum atomic E-state index is 12.9. The molecule has 0 bridgehead atoms. The van der Waals surface area contributed by atoms with Gasteiger partial charge in [0.2, 0.25) is 0 Å². The van der Waals surface area contributed by atoms with Gasteiger partial charge in [0.25, 0.3) is 0 Å². The molecular formula is C28H46F14OSn. The van der Waals surface area contributed by atoms with Gasteiger partial charge in [-0.2, -0.15) is 0 Å². The van der Waals surface area contributed by atoms with Gasteiger partial charge in [-0.1, -0.05) is 104 Å². The van der Waals surface area contributed by atoms with Crippen LogP contribution in [0.25, 0.3) is 0 Å². The van der Waals surface area contributed by atoms with Crippen LogP contribution in [-0.4, -0.2) is 66.4 Å². The van der Waals surface area contributed by atoms with E-state index in [0.717, 1.165) is 13.2 Å². The van der Waals surface area contributed by atoms with Gasteiger partial charge >= 0.3 is 128 Å². The summed E-state index contributed by atoms with van der Waals surface area (Å²) in [5.41, 5.74) is 0. The number of ether oxygens (including phenoxy) is 1. The van der Waals surface area contributed by atoms with E-state index >= 15 is 0 Å². The molecule has 0 fully saturated rings. The molecular weight excluding hydrogens is 737 g/mol. The molecule has 0 saturated heterocycles. The van der Waals surface area contributed by atoms with Crippen molar-refractivity contribution in [3.05, 3.63) is 0 Å². The molecule has 0 aromatic carbocycles. The molecule has 0 aromatic rings. The second-order valence-corrected chi connectivity index (χ2v) is 15.1. The van der Waals surface area contributed by atoms with Crippen molar-refractivity contribution in [2.45, 2.75) is 161 Å². The molecule has 0 atom stereocenters. The minimum atomic E-state index is -6.16. The molecule has 0 unspecified atom stereocenters. The summed E-state index contributed by atoms with van der Waals surface area (Å²) in [4.78, 5) is 0. The summed E-state index contributed by atoms with van der Waals surface area (Å²) in [6.45, 7) is 6.55. The molecule has 0 aromatic heterocycles. The minimum absolute atomic E-state index is 0.992. The van der Waals surface area contributed by atoms with Crippen LogP contribution in [0.3, 0.4) is 0 Å². The fourth-order valence-electron chi connectivity index (χ4n) is 3.88. The molecule has 1 nitrogen and oxygen atoms in total. The summed E-state index contributed by atoms with van der Waals surface area (Å²) in [6.07, 6.45) is 3.21. The van der Waals surface area contributed by atoms with E-state index in [0.29, 0.717) is 0 Å². The van der Waals surface area contributed by atoms with Gasteiger partial charge < -0.3 is 4.74 Å². The molecule has 0 saturated carbocycles. The van der Waals surface area contributed by atoms with Crippen molar-refractivity contribution in [3.63, 3.8) is 0 Å². The zero-order valence-electron chi connectivity index (χ0n) is 25.3. The molecule has 0 aliphatic carbocycles. The number of rotatable bonds is 24. The Morgan fingerprint density at radius 3 is 0.886 bits per heavy atom. The number of alkyl halides is 14. The summed E-state index contributed by atoms with van der Waals surface area (Å²) in [5, 5.41) is 0. The number of unbranched alkanes of at least 4 members (excludes halogenated alkanes) is 14. The van der Waals surface area contributed by atoms with E-state index < -0.39 is 66.1 Å². The summed E-state index contributed by atoms with van der Waals surface area (Å²) in [7, 11) is 0. The van der Waals surface area contributed by atoms with Crippen LogP contribution in [0.4, 0.5) is 61.5 Å². The van der Waals surface area contributed by atoms with Crippen molar-refractivity contribution in [1.29, 1.82) is 0 Å². The number of hydrogen-bond acceptors (Lipinski definition) is 1. The Morgan fingerprint density at radius 2 is 0.636 bits per heavy atom. The van der Waals surface area contributed by atoms with Crippen molar-refractivity contribution in [1.82, 2.24) is 0 Å². The van der Waals surface area contributed by atoms with Crippen LogP contribution in [0, 0.1) is 0 Å². The SMILES string of the molecule is CCCCCCCCCCOCCCCCCCCCC.FC(F)(F)CC(F)(F)[C](F)(F)[Sn][C](F)(F)C(F)(F)CC(F)(F)F. The molecule has 0 aliphatic rings. The Morgan fingerprint density at radius 1 is 0.386 bits per heavy atom. The van der Waals surface area contributed by atoms with E-state index in [-0.39, 0.29) is 0 Å². The van der Waals surface area contributed by atoms with Gasteiger partial charge in [-0.25, -0.2) is 0 Å². The zero-order chi connectivity index (χ0) is 34.6. The average molecular weight is 783 g/mol. The molecule has 0 spiro atoms. The van der Waals surface area contributed by atoms with E-state index in [1.54, 1.807) is 0 Å². The van der Waals surface area contributed by atoms with Gasteiger partial charge in [0.05, 0.1) is 0 Å². The van der Waals surface area contributed by atoms with Crippen LogP contribution in [0.5, 0.6) is 0 Å². The van der Waals surface area contributed by atoms with Gasteiger partial charge in [0.1, 0.15) is 0 Å². The third-order valence-electron chi connectivity index (χ3n) is 6.36. The maximum absolute atomic E-state index is 12.9. The molecule has 0 N–H and O–H groups in total. The zero-order valence-corrected chi connectivity index (χ0v) is 28.2. The van der Waals surface area contributed by atoms with Gasteiger partial charge in [-0.3, -0.25) is 0 Å². The topological polar surface area (TPSA) is 9.23 Å². The normalized spacial score (nSPS) is 13.6. The number of hydrogen-bond donors (Lipinski definition) is 0. The van der Waals surface area contributed by atoms with Crippen LogP contribution >= 0.6 is 0 Å². The van der Waals surface area contributed by atoms with Crippen molar-refractivity contribution < 1.29 is 66.2 Å². The Labute approximate surface area is 261 Å². The first-order valence-corrected chi connectivity index (χ1v) is 17.9. The van der Waals surface area contributed by atoms with Crippen molar-refractivity contribution in [2.75, 3.05) is 13.2 Å². The molecule has 0 rings (SSSR count). The Hall–Kier alpha value is -0.221. The quantitative estimate of drug-likeness (QED) is 0.0538. The molecule has 2 radical (unpaired) electrons. The summed E-state index contributed by atoms with van der Waals surface area (Å²) < 4.78 is 166. The Balaban J connectivity index is 0. The monoisotopic (exact) mass is 784 g/mol. The second-order valence-electron chi connectivity index (χ2n) is 10.8. The van der Waals surface area contributed by atoms with E-state index in [1.807, 2.05) is 0 Å². The van der Waals surface area contributed by atoms with Crippen molar-refractivity contribution in [3.8, 4) is 0 Å². The van der Waals surface area contributed by atoms with E-state index in [4.69, 9.17) is 4.74 Å². The van der Waals surface area contributed by atoms with Crippen LogP contribution in [0.1, 0.15) is 129 Å². The third kappa shape index (κ3) is 24.0. The molecule has 266 valence electrons. The van der Waals surface area contributed by atoms with Gasteiger partial charge in [0, 0.05) is 13.2 Å². The van der Waals surface area contributed by atoms with Crippen LogP contribution < -0.4 is 0 Å². The molecule has 44 heavy (non-hydrogen) atoms. The fourth-order valence-corrected chi connectivity index (χ4v) is 6.56. The standard InChI is InChI=1S/C20H42O.2C4H2F7.Sn/c1-3-5-7-9-11-13-15-17-19-21-20-18-16-14-12-10-8-6-4-2;2*5-2(6)3(7,8)1-4(9,10)11;/h3-20H2,1-2H3;2*1H2;. The van der Waals surface area contributed by atoms with Crippen LogP contribution in [0.2, 0.25) is 0 Å². The van der Waals surface area contributed by atoms with Crippen LogP contribution in [-0.2, 0) is 4.74 Å². The molecule has 16 heteroatoms. The number of halogens is 14. The van der Waals surface area contributed by atoms with Gasteiger partial charge in [0.15, 0.2) is 0 Å². The Bertz CT molecular complexity index is 641. The van der Waals surface area contributed by atoms with E-state index in [1.165, 1.54) is 103 Å². The summed E-state index contributed by atoms with van der Waals surface area (Å²) >= 11 is -5.79. The van der Waals surface area contributed by atoms with E-state index in [9.17, 15) is 61.5 Å². The first-order chi connectivity index (χ1) is 20.0. The predicted molar refractivity (Wildman–Crippen MR) is 143 cm³/mol. The average Bonchev–Trinajstić information content (AvgIpc) is 2.82. The predicted octanol–water partition coefficient (Wildman–Crippen LogP) is 12.3. The molecule has 0 amide bonds. The summed E-state index contributed by atoms with van der Waals surface area (Å²) in [6, 6.07) is 0. The third-order valence-corrected chi connectivity index (χ3v) is 10.2. The first kappa shape index (κ1) is 45.9. The van der Waals surface area contributed by atoms with Crippen molar-refractivity contribution >= 4 is 21.1 Å².